The molecule has 0 aromatic heterocycles. The molecule has 8 nitrogen and oxygen atoms in total. The Morgan fingerprint density at radius 1 is 1.20 bits per heavy atom. The molecule has 0 bridgehead atoms. The second-order valence-corrected chi connectivity index (χ2v) is 6.79. The maximum Gasteiger partial charge on any atom is 0.409 e. The van der Waals surface area contributed by atoms with Crippen LogP contribution in [0, 0.1) is 0 Å². The highest BCUT2D eigenvalue weighted by Crippen LogP contribution is 2.24. The third-order valence-electron chi connectivity index (χ3n) is 4.84. The number of aliphatic imine (C=N–C) groups is 1. The number of halogens is 1. The Hall–Kier alpha value is -1.91. The summed E-state index contributed by atoms with van der Waals surface area (Å²) in [6, 6.07) is 6.07. The monoisotopic (exact) mass is 534 g/mol. The van der Waals surface area contributed by atoms with Gasteiger partial charge in [-0.25, -0.2) is 4.79 Å². The van der Waals surface area contributed by atoms with E-state index in [0.717, 1.165) is 48.8 Å². The van der Waals surface area contributed by atoms with Crippen LogP contribution in [0.25, 0.3) is 0 Å². The fourth-order valence-corrected chi connectivity index (χ4v) is 3.30. The summed E-state index contributed by atoms with van der Waals surface area (Å²) >= 11 is 0. The van der Waals surface area contributed by atoms with Gasteiger partial charge in [-0.2, -0.15) is 0 Å². The smallest absolute Gasteiger partial charge is 0.409 e. The van der Waals surface area contributed by atoms with Crippen molar-refractivity contribution in [3.05, 3.63) is 23.8 Å². The minimum absolute atomic E-state index is 0. The summed E-state index contributed by atoms with van der Waals surface area (Å²) < 4.78 is 15.8. The Morgan fingerprint density at radius 2 is 1.93 bits per heavy atom. The lowest BCUT2D eigenvalue weighted by Gasteiger charge is -2.32. The fraction of sp³-hybridized carbons (Fsp3) is 0.619. The number of amides is 1. The standard InChI is InChI=1S/C21H34N4O4.HI/c1-5-22-20(24-17-10-13-25(14-11-17)21(26)29-6-2)23-12-9-16-15-18(27-3)7-8-19(16)28-4;/h7-8,15,17H,5-6,9-14H2,1-4H3,(H2,22,23,24);1H. The molecule has 0 saturated carbocycles. The number of nitrogens with zero attached hydrogens (tertiary/aromatic N) is 2. The number of nitrogens with one attached hydrogen (secondary N) is 2. The molecule has 0 atom stereocenters. The average molecular weight is 534 g/mol. The van der Waals surface area contributed by atoms with Crippen molar-refractivity contribution in [3.63, 3.8) is 0 Å². The molecule has 1 aromatic rings. The molecular formula is C21H35IN4O4. The molecule has 0 unspecified atom stereocenters. The van der Waals surface area contributed by atoms with E-state index in [1.54, 1.807) is 19.1 Å². The SMILES string of the molecule is CCNC(=NCCc1cc(OC)ccc1OC)NC1CCN(C(=O)OCC)CC1.I. The highest BCUT2D eigenvalue weighted by molar-refractivity contribution is 14.0. The van der Waals surface area contributed by atoms with Gasteiger partial charge in [0.2, 0.25) is 0 Å². The third kappa shape index (κ3) is 8.08. The normalized spacial score (nSPS) is 14.5. The van der Waals surface area contributed by atoms with E-state index in [2.05, 4.69) is 10.6 Å². The summed E-state index contributed by atoms with van der Waals surface area (Å²) in [5.74, 6) is 2.44. The van der Waals surface area contributed by atoms with Gasteiger partial charge in [-0.1, -0.05) is 0 Å². The minimum atomic E-state index is -0.223. The van der Waals surface area contributed by atoms with Crippen LogP contribution in [0.2, 0.25) is 0 Å². The Bertz CT molecular complexity index is 679. The Balaban J connectivity index is 0.00000450. The Morgan fingerprint density at radius 3 is 2.53 bits per heavy atom. The van der Waals surface area contributed by atoms with Crippen molar-refractivity contribution >= 4 is 36.0 Å². The predicted molar refractivity (Wildman–Crippen MR) is 129 cm³/mol. The van der Waals surface area contributed by atoms with Crippen molar-refractivity contribution in [2.45, 2.75) is 39.2 Å². The number of ether oxygens (including phenoxy) is 3. The van der Waals surface area contributed by atoms with Crippen LogP contribution < -0.4 is 20.1 Å². The second-order valence-electron chi connectivity index (χ2n) is 6.79. The van der Waals surface area contributed by atoms with Gasteiger partial charge < -0.3 is 29.7 Å². The maximum atomic E-state index is 11.8. The van der Waals surface area contributed by atoms with E-state index >= 15 is 0 Å². The summed E-state index contributed by atoms with van der Waals surface area (Å²) in [6.45, 7) is 7.08. The summed E-state index contributed by atoms with van der Waals surface area (Å²) in [7, 11) is 3.33. The molecule has 0 radical (unpaired) electrons. The average Bonchev–Trinajstić information content (AvgIpc) is 2.74. The zero-order valence-corrected chi connectivity index (χ0v) is 20.7. The van der Waals surface area contributed by atoms with Gasteiger partial charge in [-0.15, -0.1) is 24.0 Å². The first-order valence-electron chi connectivity index (χ1n) is 10.3. The Kier molecular flexibility index (Phi) is 12.3. The van der Waals surface area contributed by atoms with Crippen LogP contribution in [0.15, 0.2) is 23.2 Å². The lowest BCUT2D eigenvalue weighted by molar-refractivity contribution is 0.0963. The quantitative estimate of drug-likeness (QED) is 0.303. The summed E-state index contributed by atoms with van der Waals surface area (Å²) in [5, 5.41) is 6.79. The predicted octanol–water partition coefficient (Wildman–Crippen LogP) is 3.04. The largest absolute Gasteiger partial charge is 0.497 e. The number of carbonyl (C=O) groups excluding carboxylic acids is 1. The first-order chi connectivity index (χ1) is 14.1. The van der Waals surface area contributed by atoms with E-state index in [-0.39, 0.29) is 36.1 Å². The fourth-order valence-electron chi connectivity index (χ4n) is 3.30. The van der Waals surface area contributed by atoms with Gasteiger partial charge in [0.05, 0.1) is 20.8 Å². The third-order valence-corrected chi connectivity index (χ3v) is 4.84. The van der Waals surface area contributed by atoms with Crippen LogP contribution in [-0.2, 0) is 11.2 Å². The molecule has 0 spiro atoms. The molecule has 1 aliphatic heterocycles. The van der Waals surface area contributed by atoms with Gasteiger partial charge in [0.25, 0.3) is 0 Å². The zero-order chi connectivity index (χ0) is 21.1. The number of hydrogen-bond acceptors (Lipinski definition) is 5. The van der Waals surface area contributed by atoms with E-state index in [4.69, 9.17) is 19.2 Å². The number of rotatable bonds is 8. The van der Waals surface area contributed by atoms with Crippen molar-refractivity contribution in [1.82, 2.24) is 15.5 Å². The molecule has 30 heavy (non-hydrogen) atoms. The molecule has 1 saturated heterocycles. The number of piperidine rings is 1. The first kappa shape index (κ1) is 26.1. The van der Waals surface area contributed by atoms with Crippen molar-refractivity contribution in [1.29, 1.82) is 0 Å². The van der Waals surface area contributed by atoms with Gasteiger partial charge in [0, 0.05) is 32.2 Å². The van der Waals surface area contributed by atoms with Crippen molar-refractivity contribution < 1.29 is 19.0 Å². The van der Waals surface area contributed by atoms with Gasteiger partial charge in [0.1, 0.15) is 11.5 Å². The van der Waals surface area contributed by atoms with Crippen LogP contribution in [0.3, 0.4) is 0 Å². The van der Waals surface area contributed by atoms with Crippen LogP contribution in [0.5, 0.6) is 11.5 Å². The van der Waals surface area contributed by atoms with Crippen LogP contribution in [0.1, 0.15) is 32.3 Å². The first-order valence-corrected chi connectivity index (χ1v) is 10.3. The summed E-state index contributed by atoms with van der Waals surface area (Å²) in [5.41, 5.74) is 1.06. The lowest BCUT2D eigenvalue weighted by atomic mass is 10.1. The number of carbonyl (C=O) groups is 1. The lowest BCUT2D eigenvalue weighted by Crippen LogP contribution is -2.50. The zero-order valence-electron chi connectivity index (χ0n) is 18.4. The molecule has 1 fully saturated rings. The van der Waals surface area contributed by atoms with Crippen molar-refractivity contribution in [2.24, 2.45) is 4.99 Å². The van der Waals surface area contributed by atoms with Gasteiger partial charge in [-0.3, -0.25) is 4.99 Å². The number of guanidine groups is 1. The maximum absolute atomic E-state index is 11.8. The van der Waals surface area contributed by atoms with Gasteiger partial charge in [0.15, 0.2) is 5.96 Å². The summed E-state index contributed by atoms with van der Waals surface area (Å²) in [6.07, 6.45) is 2.26. The molecule has 2 N–H and O–H groups in total. The molecule has 170 valence electrons. The topological polar surface area (TPSA) is 84.4 Å². The van der Waals surface area contributed by atoms with E-state index in [1.165, 1.54) is 0 Å². The molecular weight excluding hydrogens is 499 g/mol. The number of hydrogen-bond donors (Lipinski definition) is 2. The van der Waals surface area contributed by atoms with Crippen molar-refractivity contribution in [2.75, 3.05) is 47.0 Å². The van der Waals surface area contributed by atoms with Crippen LogP contribution >= 0.6 is 24.0 Å². The van der Waals surface area contributed by atoms with Crippen LogP contribution in [0.4, 0.5) is 4.79 Å². The highest BCUT2D eigenvalue weighted by atomic mass is 127. The van der Waals surface area contributed by atoms with Gasteiger partial charge >= 0.3 is 6.09 Å². The molecule has 1 amide bonds. The number of likely N-dealkylation sites (tertiary alicyclic amines) is 1. The number of methoxy groups -OCH3 is 2. The van der Waals surface area contributed by atoms with E-state index in [1.807, 2.05) is 32.0 Å². The molecule has 2 rings (SSSR count). The Labute approximate surface area is 196 Å². The molecule has 1 heterocycles. The molecule has 9 heteroatoms. The highest BCUT2D eigenvalue weighted by Gasteiger charge is 2.24. The molecule has 1 aromatic carbocycles. The van der Waals surface area contributed by atoms with E-state index < -0.39 is 0 Å². The molecule has 0 aliphatic carbocycles. The minimum Gasteiger partial charge on any atom is -0.497 e. The van der Waals surface area contributed by atoms with Crippen molar-refractivity contribution in [3.8, 4) is 11.5 Å². The van der Waals surface area contributed by atoms with Gasteiger partial charge in [-0.05, 0) is 56.9 Å². The molecule has 1 aliphatic rings. The number of benzene rings is 1. The summed E-state index contributed by atoms with van der Waals surface area (Å²) in [4.78, 5) is 18.3. The second kappa shape index (κ2) is 14.2. The van der Waals surface area contributed by atoms with Crippen LogP contribution in [-0.4, -0.2) is 70.0 Å². The van der Waals surface area contributed by atoms with E-state index in [0.29, 0.717) is 26.2 Å². The van der Waals surface area contributed by atoms with E-state index in [9.17, 15) is 4.79 Å².